The van der Waals surface area contributed by atoms with E-state index in [1.54, 1.807) is 6.07 Å². The summed E-state index contributed by atoms with van der Waals surface area (Å²) < 4.78 is 29.1. The summed E-state index contributed by atoms with van der Waals surface area (Å²) in [6, 6.07) is 12.5. The van der Waals surface area contributed by atoms with E-state index in [0.29, 0.717) is 17.2 Å². The molecule has 0 aliphatic carbocycles. The number of ether oxygens (including phenoxy) is 2. The van der Waals surface area contributed by atoms with Crippen LogP contribution in [0.1, 0.15) is 39.9 Å². The molecule has 1 atom stereocenters. The Labute approximate surface area is 180 Å². The highest BCUT2D eigenvalue weighted by atomic mass is 19.1. The Hall–Kier alpha value is -3.61. The third-order valence-electron chi connectivity index (χ3n) is 4.64. The number of amides is 1. The fourth-order valence-corrected chi connectivity index (χ4v) is 3.12. The first-order valence-electron chi connectivity index (χ1n) is 9.79. The van der Waals surface area contributed by atoms with Gasteiger partial charge in [-0.3, -0.25) is 4.79 Å². The van der Waals surface area contributed by atoms with E-state index in [9.17, 15) is 14.0 Å². The van der Waals surface area contributed by atoms with Gasteiger partial charge < -0.3 is 19.2 Å². The molecule has 0 spiro atoms. The second kappa shape index (κ2) is 9.47. The standard InChI is InChI=1S/C24H24FNO5/c1-14-11-15(2)22(16(3)12-14)26-23(27)17(4)30-24(28)21-10-9-20(31-21)13-29-19-7-5-18(25)6-8-19/h5-12,17H,13H2,1-4H3,(H,26,27). The molecule has 7 heteroatoms. The van der Waals surface area contributed by atoms with Gasteiger partial charge in [0, 0.05) is 5.69 Å². The summed E-state index contributed by atoms with van der Waals surface area (Å²) in [5, 5.41) is 2.82. The van der Waals surface area contributed by atoms with Crippen molar-refractivity contribution in [1.29, 1.82) is 0 Å². The van der Waals surface area contributed by atoms with Gasteiger partial charge in [-0.1, -0.05) is 17.7 Å². The van der Waals surface area contributed by atoms with Gasteiger partial charge in [0.2, 0.25) is 5.76 Å². The number of rotatable bonds is 7. The zero-order chi connectivity index (χ0) is 22.5. The van der Waals surface area contributed by atoms with Crippen LogP contribution >= 0.6 is 0 Å². The van der Waals surface area contributed by atoms with Crippen molar-refractivity contribution in [3.05, 3.63) is 82.6 Å². The zero-order valence-electron chi connectivity index (χ0n) is 17.8. The molecular formula is C24H24FNO5. The Morgan fingerprint density at radius 3 is 2.32 bits per heavy atom. The number of benzene rings is 2. The van der Waals surface area contributed by atoms with Crippen molar-refractivity contribution in [2.75, 3.05) is 5.32 Å². The molecule has 162 valence electrons. The van der Waals surface area contributed by atoms with Crippen molar-refractivity contribution >= 4 is 17.6 Å². The van der Waals surface area contributed by atoms with Gasteiger partial charge in [0.15, 0.2) is 6.10 Å². The monoisotopic (exact) mass is 425 g/mol. The van der Waals surface area contributed by atoms with Crippen LogP contribution in [0, 0.1) is 26.6 Å². The molecule has 0 aliphatic heterocycles. The van der Waals surface area contributed by atoms with Crippen LogP contribution in [0.25, 0.3) is 0 Å². The summed E-state index contributed by atoms with van der Waals surface area (Å²) in [5.74, 6) is -0.739. The smallest absolute Gasteiger partial charge is 0.375 e. The van der Waals surface area contributed by atoms with E-state index >= 15 is 0 Å². The van der Waals surface area contributed by atoms with Gasteiger partial charge >= 0.3 is 5.97 Å². The third kappa shape index (κ3) is 5.72. The molecule has 0 aliphatic rings. The number of hydrogen-bond donors (Lipinski definition) is 1. The molecule has 3 aromatic rings. The predicted octanol–water partition coefficient (Wildman–Crippen LogP) is 5.11. The number of nitrogens with one attached hydrogen (secondary N) is 1. The lowest BCUT2D eigenvalue weighted by molar-refractivity contribution is -0.123. The van der Waals surface area contributed by atoms with Crippen molar-refractivity contribution in [2.45, 2.75) is 40.4 Å². The first-order chi connectivity index (χ1) is 14.7. The summed E-state index contributed by atoms with van der Waals surface area (Å²) in [5.41, 5.74) is 3.67. The average molecular weight is 425 g/mol. The van der Waals surface area contributed by atoms with E-state index in [0.717, 1.165) is 16.7 Å². The molecule has 0 bridgehead atoms. The number of carbonyl (C=O) groups is 2. The number of hydrogen-bond acceptors (Lipinski definition) is 5. The molecule has 1 heterocycles. The molecule has 2 aromatic carbocycles. The lowest BCUT2D eigenvalue weighted by Gasteiger charge is -2.16. The van der Waals surface area contributed by atoms with Crippen LogP contribution in [0.15, 0.2) is 52.9 Å². The number of esters is 1. The summed E-state index contributed by atoms with van der Waals surface area (Å²) in [6.07, 6.45) is -1.02. The SMILES string of the molecule is Cc1cc(C)c(NC(=O)C(C)OC(=O)c2ccc(COc3ccc(F)cc3)o2)c(C)c1. The fourth-order valence-electron chi connectivity index (χ4n) is 3.12. The van der Waals surface area contributed by atoms with E-state index < -0.39 is 18.0 Å². The first-order valence-corrected chi connectivity index (χ1v) is 9.79. The number of aryl methyl sites for hydroxylation is 3. The van der Waals surface area contributed by atoms with Gasteiger partial charge in [0.05, 0.1) is 0 Å². The van der Waals surface area contributed by atoms with Crippen molar-refractivity contribution in [2.24, 2.45) is 0 Å². The molecule has 1 amide bonds. The second-order valence-electron chi connectivity index (χ2n) is 7.32. The van der Waals surface area contributed by atoms with E-state index in [2.05, 4.69) is 5.32 Å². The van der Waals surface area contributed by atoms with Crippen LogP contribution in [0.2, 0.25) is 0 Å². The van der Waals surface area contributed by atoms with Crippen molar-refractivity contribution in [3.63, 3.8) is 0 Å². The van der Waals surface area contributed by atoms with Crippen molar-refractivity contribution < 1.29 is 27.9 Å². The molecule has 0 radical (unpaired) electrons. The molecule has 3 rings (SSSR count). The summed E-state index contributed by atoms with van der Waals surface area (Å²) in [6.45, 7) is 7.35. The highest BCUT2D eigenvalue weighted by molar-refractivity contribution is 5.97. The van der Waals surface area contributed by atoms with Gasteiger partial charge in [-0.15, -0.1) is 0 Å². The highest BCUT2D eigenvalue weighted by Crippen LogP contribution is 2.22. The van der Waals surface area contributed by atoms with Crippen LogP contribution in [0.3, 0.4) is 0 Å². The van der Waals surface area contributed by atoms with Gasteiger partial charge in [0.1, 0.15) is 23.9 Å². The molecule has 0 saturated carbocycles. The van der Waals surface area contributed by atoms with E-state index in [-0.39, 0.29) is 18.2 Å². The molecule has 0 saturated heterocycles. The minimum absolute atomic E-state index is 0.0416. The van der Waals surface area contributed by atoms with Crippen LogP contribution in [0.4, 0.5) is 10.1 Å². The Bertz CT molecular complexity index is 1060. The topological polar surface area (TPSA) is 77.8 Å². The van der Waals surface area contributed by atoms with Crippen molar-refractivity contribution in [1.82, 2.24) is 0 Å². The molecule has 0 fully saturated rings. The quantitative estimate of drug-likeness (QED) is 0.533. The van der Waals surface area contributed by atoms with E-state index in [1.807, 2.05) is 32.9 Å². The van der Waals surface area contributed by atoms with Crippen LogP contribution in [-0.4, -0.2) is 18.0 Å². The van der Waals surface area contributed by atoms with Gasteiger partial charge in [-0.25, -0.2) is 9.18 Å². The normalized spacial score (nSPS) is 11.6. The maximum Gasteiger partial charge on any atom is 0.375 e. The second-order valence-corrected chi connectivity index (χ2v) is 7.32. The fraction of sp³-hybridized carbons (Fsp3) is 0.250. The summed E-state index contributed by atoms with van der Waals surface area (Å²) >= 11 is 0. The molecule has 6 nitrogen and oxygen atoms in total. The number of anilines is 1. The summed E-state index contributed by atoms with van der Waals surface area (Å²) in [4.78, 5) is 24.8. The van der Waals surface area contributed by atoms with Crippen LogP contribution < -0.4 is 10.1 Å². The zero-order valence-corrected chi connectivity index (χ0v) is 17.8. The van der Waals surface area contributed by atoms with Crippen molar-refractivity contribution in [3.8, 4) is 5.75 Å². The first kappa shape index (κ1) is 22.1. The van der Waals surface area contributed by atoms with E-state index in [1.165, 1.54) is 37.3 Å². The Kier molecular flexibility index (Phi) is 6.74. The number of carbonyl (C=O) groups excluding carboxylic acids is 2. The van der Waals surface area contributed by atoms with E-state index in [4.69, 9.17) is 13.9 Å². The molecule has 31 heavy (non-hydrogen) atoms. The highest BCUT2D eigenvalue weighted by Gasteiger charge is 2.22. The largest absolute Gasteiger partial charge is 0.486 e. The van der Waals surface area contributed by atoms with Crippen LogP contribution in [0.5, 0.6) is 5.75 Å². The maximum absolute atomic E-state index is 12.9. The van der Waals surface area contributed by atoms with Crippen LogP contribution in [-0.2, 0) is 16.1 Å². The number of halogens is 1. The lowest BCUT2D eigenvalue weighted by Crippen LogP contribution is -2.30. The lowest BCUT2D eigenvalue weighted by atomic mass is 10.0. The Morgan fingerprint density at radius 1 is 1.03 bits per heavy atom. The minimum atomic E-state index is -1.02. The molecule has 1 unspecified atom stereocenters. The van der Waals surface area contributed by atoms with Gasteiger partial charge in [-0.05, 0) is 75.2 Å². The molecular weight excluding hydrogens is 401 g/mol. The van der Waals surface area contributed by atoms with Gasteiger partial charge in [-0.2, -0.15) is 0 Å². The summed E-state index contributed by atoms with van der Waals surface area (Å²) in [7, 11) is 0. The minimum Gasteiger partial charge on any atom is -0.486 e. The molecule has 1 aromatic heterocycles. The van der Waals surface area contributed by atoms with Gasteiger partial charge in [0.25, 0.3) is 5.91 Å². The molecule has 1 N–H and O–H groups in total. The Morgan fingerprint density at radius 2 is 1.68 bits per heavy atom. The predicted molar refractivity (Wildman–Crippen MR) is 114 cm³/mol. The number of furan rings is 1. The Balaban J connectivity index is 1.56. The maximum atomic E-state index is 12.9. The third-order valence-corrected chi connectivity index (χ3v) is 4.64. The average Bonchev–Trinajstić information content (AvgIpc) is 3.19.